The van der Waals surface area contributed by atoms with Crippen molar-refractivity contribution in [2.45, 2.75) is 51.1 Å². The van der Waals surface area contributed by atoms with Crippen LogP contribution in [0.25, 0.3) is 0 Å². The first-order valence-corrected chi connectivity index (χ1v) is 7.55. The fourth-order valence-corrected chi connectivity index (χ4v) is 3.78. The van der Waals surface area contributed by atoms with E-state index in [1.807, 2.05) is 0 Å². The zero-order valence-corrected chi connectivity index (χ0v) is 12.3. The molecule has 0 bridgehead atoms. The molecule has 0 aromatic carbocycles. The Morgan fingerprint density at radius 3 is 2.95 bits per heavy atom. The van der Waals surface area contributed by atoms with Crippen molar-refractivity contribution in [3.63, 3.8) is 0 Å². The van der Waals surface area contributed by atoms with Crippen LogP contribution in [0.15, 0.2) is 6.33 Å². The molecule has 2 atom stereocenters. The lowest BCUT2D eigenvalue weighted by molar-refractivity contribution is 0.318. The largest absolute Gasteiger partial charge is 0.365 e. The Balaban J connectivity index is 1.82. The minimum atomic E-state index is 0.331. The summed E-state index contributed by atoms with van der Waals surface area (Å²) in [5, 5.41) is 4.20. The van der Waals surface area contributed by atoms with E-state index in [2.05, 4.69) is 34.0 Å². The molecule has 1 N–H and O–H groups in total. The fourth-order valence-electron chi connectivity index (χ4n) is 3.43. The molecular formula is C14H21ClN4. The molecule has 1 aromatic heterocycles. The Morgan fingerprint density at radius 1 is 1.32 bits per heavy atom. The Hall–Kier alpha value is -0.870. The highest BCUT2D eigenvalue weighted by Crippen LogP contribution is 2.33. The number of aromatic nitrogens is 2. The molecule has 0 saturated carbocycles. The van der Waals surface area contributed by atoms with Gasteiger partial charge in [-0.05, 0) is 31.7 Å². The summed E-state index contributed by atoms with van der Waals surface area (Å²) in [6.07, 6.45) is 5.37. The molecule has 5 heteroatoms. The lowest BCUT2D eigenvalue weighted by Gasteiger charge is -2.23. The first-order chi connectivity index (χ1) is 9.16. The van der Waals surface area contributed by atoms with Gasteiger partial charge in [-0.15, -0.1) is 0 Å². The molecule has 4 nitrogen and oxygen atoms in total. The molecule has 0 aliphatic carbocycles. The van der Waals surface area contributed by atoms with Crippen LogP contribution < -0.4 is 5.32 Å². The highest BCUT2D eigenvalue weighted by molar-refractivity contribution is 6.30. The number of nitrogens with one attached hydrogen (secondary N) is 1. The number of nitrogens with zero attached hydrogens (tertiary/aromatic N) is 3. The molecule has 0 spiro atoms. The number of anilines is 1. The van der Waals surface area contributed by atoms with Gasteiger partial charge in [0.25, 0.3) is 0 Å². The second kappa shape index (κ2) is 5.25. The molecule has 2 unspecified atom stereocenters. The maximum Gasteiger partial charge on any atom is 0.138 e. The molecule has 0 radical (unpaired) electrons. The van der Waals surface area contributed by atoms with E-state index in [9.17, 15) is 0 Å². The lowest BCUT2D eigenvalue weighted by Crippen LogP contribution is -2.34. The van der Waals surface area contributed by atoms with Crippen molar-refractivity contribution < 1.29 is 0 Å². The van der Waals surface area contributed by atoms with Crippen molar-refractivity contribution in [1.82, 2.24) is 14.9 Å². The first kappa shape index (κ1) is 13.1. The van der Waals surface area contributed by atoms with Crippen molar-refractivity contribution >= 4 is 17.4 Å². The summed E-state index contributed by atoms with van der Waals surface area (Å²) < 4.78 is 0. The predicted octanol–water partition coefficient (Wildman–Crippen LogP) is 2.90. The second-order valence-corrected chi connectivity index (χ2v) is 6.22. The van der Waals surface area contributed by atoms with Crippen molar-refractivity contribution in [3.05, 3.63) is 17.0 Å². The van der Waals surface area contributed by atoms with Gasteiger partial charge in [-0.2, -0.15) is 0 Å². The highest BCUT2D eigenvalue weighted by Gasteiger charge is 2.37. The number of rotatable bonds is 3. The van der Waals surface area contributed by atoms with Gasteiger partial charge in [-0.3, -0.25) is 4.90 Å². The average molecular weight is 281 g/mol. The van der Waals surface area contributed by atoms with E-state index >= 15 is 0 Å². The second-order valence-electron chi connectivity index (χ2n) is 5.87. The first-order valence-electron chi connectivity index (χ1n) is 7.18. The molecule has 3 rings (SSSR count). The van der Waals surface area contributed by atoms with Crippen molar-refractivity contribution in [1.29, 1.82) is 0 Å². The van der Waals surface area contributed by atoms with Gasteiger partial charge in [0, 0.05) is 24.2 Å². The molecule has 2 fully saturated rings. The summed E-state index contributed by atoms with van der Waals surface area (Å²) in [6.45, 7) is 6.72. The number of halogens is 1. The molecule has 104 valence electrons. The molecule has 0 amide bonds. The van der Waals surface area contributed by atoms with Crippen LogP contribution in [0.1, 0.15) is 44.6 Å². The molecule has 2 aliphatic heterocycles. The van der Waals surface area contributed by atoms with E-state index in [4.69, 9.17) is 11.6 Å². The van der Waals surface area contributed by atoms with Gasteiger partial charge in [-0.1, -0.05) is 25.4 Å². The standard InChI is InChI=1S/C14H21ClN4/c1-9(2)12-13(15)16-8-17-14(12)18-10-5-7-19-6-3-4-11(10)19/h8-11H,3-7H2,1-2H3,(H,16,17,18). The van der Waals surface area contributed by atoms with Gasteiger partial charge in [0.15, 0.2) is 0 Å². The third-order valence-corrected chi connectivity index (χ3v) is 4.64. The quantitative estimate of drug-likeness (QED) is 0.865. The smallest absolute Gasteiger partial charge is 0.138 e. The number of fused-ring (bicyclic) bond motifs is 1. The van der Waals surface area contributed by atoms with Crippen LogP contribution in [0.5, 0.6) is 0 Å². The summed E-state index contributed by atoms with van der Waals surface area (Å²) in [6, 6.07) is 1.18. The van der Waals surface area contributed by atoms with E-state index in [0.29, 0.717) is 23.2 Å². The van der Waals surface area contributed by atoms with Crippen LogP contribution in [0.2, 0.25) is 5.15 Å². The molecule has 2 aliphatic rings. The Morgan fingerprint density at radius 2 is 2.16 bits per heavy atom. The van der Waals surface area contributed by atoms with Gasteiger partial charge < -0.3 is 5.32 Å². The summed E-state index contributed by atoms with van der Waals surface area (Å²) in [5.74, 6) is 1.26. The van der Waals surface area contributed by atoms with Crippen LogP contribution in [0.3, 0.4) is 0 Å². The highest BCUT2D eigenvalue weighted by atomic mass is 35.5. The zero-order valence-electron chi connectivity index (χ0n) is 11.6. The summed E-state index contributed by atoms with van der Waals surface area (Å²) in [7, 11) is 0. The molecule has 19 heavy (non-hydrogen) atoms. The van der Waals surface area contributed by atoms with E-state index in [1.54, 1.807) is 6.33 Å². The van der Waals surface area contributed by atoms with E-state index in [0.717, 1.165) is 11.4 Å². The Labute approximate surface area is 119 Å². The fraction of sp³-hybridized carbons (Fsp3) is 0.714. The van der Waals surface area contributed by atoms with Gasteiger partial charge in [-0.25, -0.2) is 9.97 Å². The van der Waals surface area contributed by atoms with Crippen LogP contribution in [0.4, 0.5) is 5.82 Å². The lowest BCUT2D eigenvalue weighted by atomic mass is 10.0. The average Bonchev–Trinajstić information content (AvgIpc) is 2.93. The van der Waals surface area contributed by atoms with E-state index in [-0.39, 0.29) is 0 Å². The summed E-state index contributed by atoms with van der Waals surface area (Å²) >= 11 is 6.22. The van der Waals surface area contributed by atoms with Crippen LogP contribution in [-0.2, 0) is 0 Å². The summed E-state index contributed by atoms with van der Waals surface area (Å²) in [4.78, 5) is 11.1. The van der Waals surface area contributed by atoms with Crippen molar-refractivity contribution in [2.75, 3.05) is 18.4 Å². The third kappa shape index (κ3) is 2.43. The van der Waals surface area contributed by atoms with Crippen molar-refractivity contribution in [2.24, 2.45) is 0 Å². The van der Waals surface area contributed by atoms with Gasteiger partial charge in [0.2, 0.25) is 0 Å². The maximum atomic E-state index is 6.22. The van der Waals surface area contributed by atoms with Gasteiger partial charge in [0.05, 0.1) is 0 Å². The zero-order chi connectivity index (χ0) is 13.4. The SMILES string of the molecule is CC(C)c1c(Cl)ncnc1NC1CCN2CCCC12. The third-order valence-electron chi connectivity index (χ3n) is 4.34. The van der Waals surface area contributed by atoms with E-state index < -0.39 is 0 Å². The number of hydrogen-bond acceptors (Lipinski definition) is 4. The normalized spacial score (nSPS) is 26.9. The maximum absolute atomic E-state index is 6.22. The molecule has 3 heterocycles. The molecule has 2 saturated heterocycles. The van der Waals surface area contributed by atoms with Gasteiger partial charge in [0.1, 0.15) is 17.3 Å². The molecule has 1 aromatic rings. The minimum Gasteiger partial charge on any atom is -0.365 e. The predicted molar refractivity (Wildman–Crippen MR) is 77.8 cm³/mol. The van der Waals surface area contributed by atoms with Crippen molar-refractivity contribution in [3.8, 4) is 0 Å². The number of hydrogen-bond donors (Lipinski definition) is 1. The van der Waals surface area contributed by atoms with Crippen LogP contribution in [0, 0.1) is 0 Å². The Bertz CT molecular complexity index is 463. The minimum absolute atomic E-state index is 0.331. The monoisotopic (exact) mass is 280 g/mol. The molecular weight excluding hydrogens is 260 g/mol. The van der Waals surface area contributed by atoms with Crippen LogP contribution >= 0.6 is 11.6 Å². The Kier molecular flexibility index (Phi) is 3.63. The van der Waals surface area contributed by atoms with E-state index in [1.165, 1.54) is 32.4 Å². The topological polar surface area (TPSA) is 41.1 Å². The van der Waals surface area contributed by atoms with Crippen LogP contribution in [-0.4, -0.2) is 40.0 Å². The summed E-state index contributed by atoms with van der Waals surface area (Å²) in [5.41, 5.74) is 1.04. The van der Waals surface area contributed by atoms with Gasteiger partial charge >= 0.3 is 0 Å².